The Hall–Kier alpha value is -0.990. The van der Waals surface area contributed by atoms with Crippen LogP contribution < -0.4 is 5.32 Å². The predicted molar refractivity (Wildman–Crippen MR) is 72.4 cm³/mol. The van der Waals surface area contributed by atoms with E-state index < -0.39 is 5.60 Å². The van der Waals surface area contributed by atoms with Gasteiger partial charge < -0.3 is 10.1 Å². The molecule has 3 fully saturated rings. The van der Waals surface area contributed by atoms with Crippen LogP contribution in [-0.4, -0.2) is 17.2 Å². The van der Waals surface area contributed by atoms with Gasteiger partial charge in [-0.1, -0.05) is 6.08 Å². The monoisotopic (exact) mass is 251 g/mol. The summed E-state index contributed by atoms with van der Waals surface area (Å²) in [5, 5.41) is 3.12. The van der Waals surface area contributed by atoms with E-state index in [4.69, 9.17) is 4.74 Å². The fourth-order valence-electron chi connectivity index (χ4n) is 3.23. The summed E-state index contributed by atoms with van der Waals surface area (Å²) in [5.41, 5.74) is -0.0978. The molecule has 0 atom stereocenters. The molecule has 0 aromatic carbocycles. The molecule has 1 amide bonds. The fourth-order valence-corrected chi connectivity index (χ4v) is 3.23. The molecular weight excluding hydrogens is 226 g/mol. The van der Waals surface area contributed by atoms with Gasteiger partial charge >= 0.3 is 6.09 Å². The molecule has 3 aliphatic rings. The number of allylic oxidation sites excluding steroid dienone is 1. The van der Waals surface area contributed by atoms with E-state index in [1.807, 2.05) is 20.8 Å². The van der Waals surface area contributed by atoms with E-state index in [2.05, 4.69) is 18.0 Å². The number of hydrogen-bond acceptors (Lipinski definition) is 2. The summed E-state index contributed by atoms with van der Waals surface area (Å²) < 4.78 is 5.37. The first-order valence-corrected chi connectivity index (χ1v) is 6.93. The van der Waals surface area contributed by atoms with Crippen molar-refractivity contribution in [3.63, 3.8) is 0 Å². The summed E-state index contributed by atoms with van der Waals surface area (Å²) in [6, 6.07) is 0. The van der Waals surface area contributed by atoms with Crippen molar-refractivity contribution in [2.24, 2.45) is 5.41 Å². The topological polar surface area (TPSA) is 38.3 Å². The highest BCUT2D eigenvalue weighted by Gasteiger charge is 2.48. The lowest BCUT2D eigenvalue weighted by Crippen LogP contribution is -2.56. The Labute approximate surface area is 110 Å². The van der Waals surface area contributed by atoms with Gasteiger partial charge in [0.05, 0.1) is 0 Å². The molecule has 0 aromatic heterocycles. The number of rotatable bonds is 2. The van der Waals surface area contributed by atoms with Crippen LogP contribution in [0.15, 0.2) is 12.7 Å². The normalized spacial score (nSPS) is 35.1. The predicted octanol–water partition coefficient (Wildman–Crippen LogP) is 3.79. The highest BCUT2D eigenvalue weighted by Crippen LogP contribution is 2.52. The molecule has 0 unspecified atom stereocenters. The molecule has 0 aromatic rings. The number of hydrogen-bond donors (Lipinski definition) is 1. The third kappa shape index (κ3) is 2.70. The molecule has 0 radical (unpaired) electrons. The molecule has 18 heavy (non-hydrogen) atoms. The van der Waals surface area contributed by atoms with Gasteiger partial charge in [-0.2, -0.15) is 0 Å². The highest BCUT2D eigenvalue weighted by molar-refractivity contribution is 5.69. The summed E-state index contributed by atoms with van der Waals surface area (Å²) in [4.78, 5) is 11.9. The first-order chi connectivity index (χ1) is 8.28. The summed E-state index contributed by atoms with van der Waals surface area (Å²) >= 11 is 0. The molecular formula is C15H25NO2. The maximum absolute atomic E-state index is 11.9. The van der Waals surface area contributed by atoms with E-state index in [0.29, 0.717) is 5.41 Å². The van der Waals surface area contributed by atoms with Gasteiger partial charge in [0.15, 0.2) is 0 Å². The van der Waals surface area contributed by atoms with Gasteiger partial charge in [0, 0.05) is 5.54 Å². The molecule has 2 bridgehead atoms. The van der Waals surface area contributed by atoms with E-state index in [1.54, 1.807) is 0 Å². The van der Waals surface area contributed by atoms with Crippen molar-refractivity contribution in [1.29, 1.82) is 0 Å². The minimum Gasteiger partial charge on any atom is -0.444 e. The van der Waals surface area contributed by atoms with Crippen molar-refractivity contribution in [2.75, 3.05) is 0 Å². The zero-order chi connectivity index (χ0) is 13.4. The second-order valence-electron chi connectivity index (χ2n) is 6.97. The van der Waals surface area contributed by atoms with Gasteiger partial charge in [0.2, 0.25) is 0 Å². The van der Waals surface area contributed by atoms with Crippen molar-refractivity contribution in [2.45, 2.75) is 70.4 Å². The minimum atomic E-state index is -0.422. The van der Waals surface area contributed by atoms with Gasteiger partial charge in [0.1, 0.15) is 5.60 Å². The number of fused-ring (bicyclic) bond motifs is 3. The van der Waals surface area contributed by atoms with Crippen LogP contribution in [0.4, 0.5) is 4.79 Å². The Morgan fingerprint density at radius 3 is 2.06 bits per heavy atom. The maximum Gasteiger partial charge on any atom is 0.408 e. The van der Waals surface area contributed by atoms with Crippen LogP contribution in [-0.2, 0) is 4.74 Å². The Kier molecular flexibility index (Phi) is 3.20. The van der Waals surface area contributed by atoms with Crippen LogP contribution in [0.5, 0.6) is 0 Å². The number of amides is 1. The number of nitrogens with one attached hydrogen (secondary N) is 1. The van der Waals surface area contributed by atoms with Crippen LogP contribution in [0.3, 0.4) is 0 Å². The molecule has 3 aliphatic carbocycles. The van der Waals surface area contributed by atoms with Crippen LogP contribution in [0.25, 0.3) is 0 Å². The van der Waals surface area contributed by atoms with Gasteiger partial charge in [-0.25, -0.2) is 4.79 Å². The molecule has 0 spiro atoms. The van der Waals surface area contributed by atoms with E-state index >= 15 is 0 Å². The van der Waals surface area contributed by atoms with Crippen LogP contribution in [0, 0.1) is 5.41 Å². The van der Waals surface area contributed by atoms with Crippen LogP contribution >= 0.6 is 0 Å². The van der Waals surface area contributed by atoms with E-state index in [1.165, 1.54) is 0 Å². The Morgan fingerprint density at radius 2 is 1.67 bits per heavy atom. The molecule has 0 saturated heterocycles. The SMILES string of the molecule is C=CC12CCC(NC(=O)OC(C)(C)C)(CC1)CC2. The Morgan fingerprint density at radius 1 is 1.17 bits per heavy atom. The molecule has 3 saturated carbocycles. The van der Waals surface area contributed by atoms with Crippen LogP contribution in [0.1, 0.15) is 59.3 Å². The van der Waals surface area contributed by atoms with Crippen LogP contribution in [0.2, 0.25) is 0 Å². The molecule has 0 heterocycles. The first-order valence-electron chi connectivity index (χ1n) is 6.93. The lowest BCUT2D eigenvalue weighted by Gasteiger charge is -2.52. The van der Waals surface area contributed by atoms with Crippen molar-refractivity contribution < 1.29 is 9.53 Å². The lowest BCUT2D eigenvalue weighted by atomic mass is 9.57. The molecule has 0 aliphatic heterocycles. The lowest BCUT2D eigenvalue weighted by molar-refractivity contribution is 0.0200. The van der Waals surface area contributed by atoms with Crippen molar-refractivity contribution >= 4 is 6.09 Å². The third-order valence-corrected chi connectivity index (χ3v) is 4.50. The number of ether oxygens (including phenoxy) is 1. The largest absolute Gasteiger partial charge is 0.444 e. The zero-order valence-electron chi connectivity index (χ0n) is 11.8. The molecule has 3 rings (SSSR count). The van der Waals surface area contributed by atoms with Gasteiger partial charge in [0.25, 0.3) is 0 Å². The molecule has 3 nitrogen and oxygen atoms in total. The number of alkyl carbamates (subject to hydrolysis) is 1. The number of carbonyl (C=O) groups excluding carboxylic acids is 1. The summed E-state index contributed by atoms with van der Waals surface area (Å²) in [6.45, 7) is 9.66. The Balaban J connectivity index is 1.95. The zero-order valence-corrected chi connectivity index (χ0v) is 11.8. The second-order valence-corrected chi connectivity index (χ2v) is 6.97. The fraction of sp³-hybridized carbons (Fsp3) is 0.800. The number of carbonyl (C=O) groups is 1. The molecule has 1 N–H and O–H groups in total. The smallest absolute Gasteiger partial charge is 0.408 e. The average Bonchev–Trinajstić information content (AvgIpc) is 2.28. The molecule has 102 valence electrons. The average molecular weight is 251 g/mol. The summed E-state index contributed by atoms with van der Waals surface area (Å²) in [5.74, 6) is 0. The van der Waals surface area contributed by atoms with Gasteiger partial charge in [-0.05, 0) is 64.7 Å². The second kappa shape index (κ2) is 4.29. The van der Waals surface area contributed by atoms with Crippen molar-refractivity contribution in [3.05, 3.63) is 12.7 Å². The Bertz CT molecular complexity index is 329. The molecule has 3 heteroatoms. The standard InChI is InChI=1S/C15H25NO2/c1-5-14-6-9-15(10-7-14,11-8-14)16-12(17)18-13(2,3)4/h5H,1,6-11H2,2-4H3,(H,16,17). The third-order valence-electron chi connectivity index (χ3n) is 4.50. The van der Waals surface area contributed by atoms with Crippen molar-refractivity contribution in [3.8, 4) is 0 Å². The first kappa shape index (κ1) is 13.4. The van der Waals surface area contributed by atoms with Gasteiger partial charge in [-0.15, -0.1) is 6.58 Å². The summed E-state index contributed by atoms with van der Waals surface area (Å²) in [6.07, 6.45) is 8.46. The minimum absolute atomic E-state index is 0.0207. The van der Waals surface area contributed by atoms with E-state index in [0.717, 1.165) is 38.5 Å². The van der Waals surface area contributed by atoms with E-state index in [-0.39, 0.29) is 11.6 Å². The van der Waals surface area contributed by atoms with Crippen molar-refractivity contribution in [1.82, 2.24) is 5.32 Å². The van der Waals surface area contributed by atoms with Gasteiger partial charge in [-0.3, -0.25) is 0 Å². The quantitative estimate of drug-likeness (QED) is 0.758. The van der Waals surface area contributed by atoms with E-state index in [9.17, 15) is 4.79 Å². The highest BCUT2D eigenvalue weighted by atomic mass is 16.6. The maximum atomic E-state index is 11.9. The summed E-state index contributed by atoms with van der Waals surface area (Å²) in [7, 11) is 0.